The molecule has 0 unspecified atom stereocenters. The summed E-state index contributed by atoms with van der Waals surface area (Å²) < 4.78 is 12.9. The molecular weight excluding hydrogens is 414 g/mol. The summed E-state index contributed by atoms with van der Waals surface area (Å²) in [5.41, 5.74) is 0. The fourth-order valence-electron chi connectivity index (χ4n) is 2.02. The van der Waals surface area contributed by atoms with Crippen molar-refractivity contribution in [3.8, 4) is 11.5 Å². The molecule has 0 saturated carbocycles. The quantitative estimate of drug-likeness (QED) is 0.651. The summed E-state index contributed by atoms with van der Waals surface area (Å²) in [7, 11) is 13.5. The van der Waals surface area contributed by atoms with E-state index in [2.05, 4.69) is 0 Å². The summed E-state index contributed by atoms with van der Waals surface area (Å²) in [6.07, 6.45) is 0. The van der Waals surface area contributed by atoms with E-state index in [0.29, 0.717) is 13.2 Å². The van der Waals surface area contributed by atoms with Crippen LogP contribution in [0.2, 0.25) is 0 Å². The van der Waals surface area contributed by atoms with Crippen LogP contribution in [0.3, 0.4) is 0 Å². The third kappa shape index (κ3) is 4.21. The number of rotatable bonds is 6. The van der Waals surface area contributed by atoms with E-state index < -0.39 is 16.1 Å². The summed E-state index contributed by atoms with van der Waals surface area (Å²) in [6.45, 7) is 5.21. The first-order valence-corrected chi connectivity index (χ1v) is 17.0. The van der Waals surface area contributed by atoms with E-state index in [9.17, 15) is 0 Å². The van der Waals surface area contributed by atoms with E-state index in [0.717, 1.165) is 18.7 Å². The fourth-order valence-corrected chi connectivity index (χ4v) is 9.69. The Labute approximate surface area is 137 Å². The van der Waals surface area contributed by atoms with Crippen LogP contribution >= 0.6 is 17.8 Å². The maximum atomic E-state index is 6.74. The molecule has 2 nitrogen and oxygen atoms in total. The van der Waals surface area contributed by atoms with Gasteiger partial charge in [0.2, 0.25) is 0 Å². The molecule has 0 amide bonds. The third-order valence-corrected chi connectivity index (χ3v) is 15.0. The van der Waals surface area contributed by atoms with E-state index in [-0.39, 0.29) is 0 Å². The Morgan fingerprint density at radius 1 is 0.714 bits per heavy atom. The van der Waals surface area contributed by atoms with Gasteiger partial charge in [-0.25, -0.2) is 0 Å². The van der Waals surface area contributed by atoms with Crippen LogP contribution in [0.1, 0.15) is 13.8 Å². The summed E-state index contributed by atoms with van der Waals surface area (Å²) in [4.78, 5) is 0. The molecule has 0 spiro atoms. The molecular formula is C16H18Cl2O2Sn. The van der Waals surface area contributed by atoms with Crippen LogP contribution in [-0.4, -0.2) is 29.3 Å². The van der Waals surface area contributed by atoms with Gasteiger partial charge >= 0.3 is 138 Å². The first-order chi connectivity index (χ1) is 10.1. The summed E-state index contributed by atoms with van der Waals surface area (Å²) in [6, 6.07) is 15.6. The van der Waals surface area contributed by atoms with Crippen LogP contribution in [0.4, 0.5) is 0 Å². The third-order valence-electron chi connectivity index (χ3n) is 3.06. The molecule has 0 aromatic heterocycles. The van der Waals surface area contributed by atoms with Gasteiger partial charge in [0, 0.05) is 0 Å². The van der Waals surface area contributed by atoms with Crippen molar-refractivity contribution in [2.24, 2.45) is 0 Å². The zero-order chi connectivity index (χ0) is 15.3. The zero-order valence-corrected chi connectivity index (χ0v) is 16.5. The number of halogens is 2. The standard InChI is InChI=1S/2C8H9O.2ClH.Sn/c2*1-2-9-8-6-4-3-5-7-8;;;/h2*4-7H,2H2,1H3;2*1H;/q;;;;+2/p-2. The van der Waals surface area contributed by atoms with Crippen LogP contribution < -0.4 is 16.6 Å². The minimum absolute atomic E-state index is 0.647. The first-order valence-electron chi connectivity index (χ1n) is 6.92. The number of hydrogen-bond acceptors (Lipinski definition) is 2. The molecule has 0 aliphatic carbocycles. The first kappa shape index (κ1) is 16.8. The van der Waals surface area contributed by atoms with Gasteiger partial charge < -0.3 is 0 Å². The number of hydrogen-bond donors (Lipinski definition) is 0. The Kier molecular flexibility index (Phi) is 6.08. The van der Waals surface area contributed by atoms with Gasteiger partial charge in [0.25, 0.3) is 0 Å². The second kappa shape index (κ2) is 7.61. The molecule has 0 atom stereocenters. The van der Waals surface area contributed by atoms with Crippen molar-refractivity contribution in [2.45, 2.75) is 13.8 Å². The van der Waals surface area contributed by atoms with E-state index in [1.807, 2.05) is 62.4 Å². The molecule has 2 rings (SSSR count). The second-order valence-electron chi connectivity index (χ2n) is 4.49. The molecule has 5 heteroatoms. The Hall–Kier alpha value is -0.581. The van der Waals surface area contributed by atoms with Gasteiger partial charge in [-0.15, -0.1) is 0 Å². The molecule has 0 bridgehead atoms. The van der Waals surface area contributed by atoms with Gasteiger partial charge in [-0.1, -0.05) is 0 Å². The predicted octanol–water partition coefficient (Wildman–Crippen LogP) is 3.52. The van der Waals surface area contributed by atoms with Gasteiger partial charge in [-0.05, 0) is 0 Å². The van der Waals surface area contributed by atoms with E-state index >= 15 is 0 Å². The van der Waals surface area contributed by atoms with Gasteiger partial charge in [0.05, 0.1) is 0 Å². The topological polar surface area (TPSA) is 18.5 Å². The van der Waals surface area contributed by atoms with E-state index in [1.54, 1.807) is 0 Å². The molecule has 0 N–H and O–H groups in total. The SMILES string of the molecule is CCOc1cc[c]([Sn]([Cl])([Cl])[c]2ccc(OCC)cc2)cc1. The molecule has 112 valence electrons. The molecule has 0 fully saturated rings. The van der Waals surface area contributed by atoms with Crippen LogP contribution in [0.15, 0.2) is 48.5 Å². The summed E-state index contributed by atoms with van der Waals surface area (Å²) in [5, 5.41) is 0. The van der Waals surface area contributed by atoms with Crippen molar-refractivity contribution in [3.63, 3.8) is 0 Å². The van der Waals surface area contributed by atoms with Gasteiger partial charge in [0.15, 0.2) is 0 Å². The summed E-state index contributed by atoms with van der Waals surface area (Å²) >= 11 is -3.54. The van der Waals surface area contributed by atoms with Crippen LogP contribution in [0.25, 0.3) is 0 Å². The summed E-state index contributed by atoms with van der Waals surface area (Å²) in [5.74, 6) is 1.67. The van der Waals surface area contributed by atoms with Crippen molar-refractivity contribution in [1.82, 2.24) is 0 Å². The van der Waals surface area contributed by atoms with Gasteiger partial charge in [-0.3, -0.25) is 0 Å². The second-order valence-corrected chi connectivity index (χ2v) is 20.0. The average molecular weight is 432 g/mol. The Morgan fingerprint density at radius 2 is 1.05 bits per heavy atom. The molecule has 2 aromatic carbocycles. The molecule has 21 heavy (non-hydrogen) atoms. The van der Waals surface area contributed by atoms with Gasteiger partial charge in [-0.2, -0.15) is 0 Å². The maximum absolute atomic E-state index is 6.74. The molecule has 0 aliphatic heterocycles. The Morgan fingerprint density at radius 3 is 1.33 bits per heavy atom. The van der Waals surface area contributed by atoms with Crippen molar-refractivity contribution in [3.05, 3.63) is 48.5 Å². The van der Waals surface area contributed by atoms with Crippen LogP contribution in [0, 0.1) is 0 Å². The molecule has 0 radical (unpaired) electrons. The van der Waals surface area contributed by atoms with E-state index in [4.69, 9.17) is 27.3 Å². The van der Waals surface area contributed by atoms with Crippen LogP contribution in [0.5, 0.6) is 11.5 Å². The van der Waals surface area contributed by atoms with Crippen molar-refractivity contribution in [2.75, 3.05) is 13.2 Å². The Balaban J connectivity index is 2.23. The molecule has 0 aliphatic rings. The van der Waals surface area contributed by atoms with Gasteiger partial charge in [0.1, 0.15) is 0 Å². The zero-order valence-electron chi connectivity index (χ0n) is 12.1. The van der Waals surface area contributed by atoms with Crippen molar-refractivity contribution < 1.29 is 9.47 Å². The monoisotopic (exact) mass is 432 g/mol. The van der Waals surface area contributed by atoms with Crippen LogP contribution in [-0.2, 0) is 0 Å². The average Bonchev–Trinajstić information content (AvgIpc) is 2.49. The normalized spacial score (nSPS) is 11.2. The molecule has 0 heterocycles. The number of ether oxygens (including phenoxy) is 2. The van der Waals surface area contributed by atoms with E-state index in [1.165, 1.54) is 0 Å². The van der Waals surface area contributed by atoms with Crippen molar-refractivity contribution in [1.29, 1.82) is 0 Å². The number of benzene rings is 2. The Bertz CT molecular complexity index is 516. The predicted molar refractivity (Wildman–Crippen MR) is 92.0 cm³/mol. The minimum atomic E-state index is -3.54. The fraction of sp³-hybridized carbons (Fsp3) is 0.250. The van der Waals surface area contributed by atoms with Crippen molar-refractivity contribution >= 4 is 41.1 Å². The molecule has 0 saturated heterocycles. The molecule has 2 aromatic rings.